The van der Waals surface area contributed by atoms with E-state index in [0.29, 0.717) is 32.2 Å². The van der Waals surface area contributed by atoms with Gasteiger partial charge in [-0.3, -0.25) is 4.79 Å². The zero-order chi connectivity index (χ0) is 12.8. The molecule has 1 rings (SSSR count). The van der Waals surface area contributed by atoms with E-state index in [4.69, 9.17) is 9.84 Å². The number of carboxylic acid groups (broad SMARTS) is 1. The maximum atomic E-state index is 11.9. The van der Waals surface area contributed by atoms with Crippen LogP contribution in [0.15, 0.2) is 0 Å². The summed E-state index contributed by atoms with van der Waals surface area (Å²) in [6, 6.07) is -0.568. The first-order chi connectivity index (χ1) is 8.00. The number of urea groups is 1. The normalized spacial score (nSPS) is 20.4. The standard InChI is InChI=1S/C11H20N2O4/c1-8(2)6-12-11(16)13-3-4-17-7-9(13)5-10(14)15/h8-9H,3-7H2,1-2H3,(H,12,16)(H,14,15). The zero-order valence-corrected chi connectivity index (χ0v) is 10.3. The van der Waals surface area contributed by atoms with E-state index < -0.39 is 5.97 Å². The van der Waals surface area contributed by atoms with Crippen molar-refractivity contribution in [3.8, 4) is 0 Å². The second kappa shape index (κ2) is 6.44. The lowest BCUT2D eigenvalue weighted by Crippen LogP contribution is -2.53. The Labute approximate surface area is 101 Å². The van der Waals surface area contributed by atoms with Crippen LogP contribution in [0.5, 0.6) is 0 Å². The second-order valence-electron chi connectivity index (χ2n) is 4.60. The van der Waals surface area contributed by atoms with Crippen LogP contribution in [0.1, 0.15) is 20.3 Å². The highest BCUT2D eigenvalue weighted by molar-refractivity contribution is 5.76. The molecule has 0 saturated carbocycles. The Morgan fingerprint density at radius 1 is 1.53 bits per heavy atom. The minimum absolute atomic E-state index is 0.0743. The Bertz CT molecular complexity index is 281. The molecule has 98 valence electrons. The smallest absolute Gasteiger partial charge is 0.317 e. The molecule has 0 aromatic rings. The van der Waals surface area contributed by atoms with Gasteiger partial charge in [0, 0.05) is 13.1 Å². The molecule has 0 aromatic heterocycles. The van der Waals surface area contributed by atoms with Gasteiger partial charge in [-0.15, -0.1) is 0 Å². The van der Waals surface area contributed by atoms with Crippen molar-refractivity contribution in [1.82, 2.24) is 10.2 Å². The van der Waals surface area contributed by atoms with E-state index in [-0.39, 0.29) is 18.5 Å². The van der Waals surface area contributed by atoms with Crippen LogP contribution in [-0.4, -0.2) is 54.4 Å². The van der Waals surface area contributed by atoms with Crippen LogP contribution < -0.4 is 5.32 Å². The van der Waals surface area contributed by atoms with Crippen LogP contribution >= 0.6 is 0 Å². The van der Waals surface area contributed by atoms with Crippen LogP contribution in [0.25, 0.3) is 0 Å². The lowest BCUT2D eigenvalue weighted by molar-refractivity contribution is -0.139. The summed E-state index contributed by atoms with van der Waals surface area (Å²) in [6.45, 7) is 5.81. The molecule has 2 N–H and O–H groups in total. The van der Waals surface area contributed by atoms with Crippen LogP contribution in [0.2, 0.25) is 0 Å². The lowest BCUT2D eigenvalue weighted by atomic mass is 10.1. The summed E-state index contributed by atoms with van der Waals surface area (Å²) in [5.41, 5.74) is 0. The van der Waals surface area contributed by atoms with Crippen LogP contribution in [0.3, 0.4) is 0 Å². The molecule has 1 saturated heterocycles. The van der Waals surface area contributed by atoms with Crippen molar-refractivity contribution in [2.24, 2.45) is 5.92 Å². The number of carboxylic acids is 1. The van der Waals surface area contributed by atoms with Crippen molar-refractivity contribution in [3.05, 3.63) is 0 Å². The predicted octanol–water partition coefficient (Wildman–Crippen LogP) is 0.527. The Balaban J connectivity index is 2.51. The highest BCUT2D eigenvalue weighted by Gasteiger charge is 2.28. The van der Waals surface area contributed by atoms with Gasteiger partial charge in [-0.25, -0.2) is 4.79 Å². The number of carbonyl (C=O) groups excluding carboxylic acids is 1. The fraction of sp³-hybridized carbons (Fsp3) is 0.818. The first-order valence-electron chi connectivity index (χ1n) is 5.84. The molecule has 6 heteroatoms. The average molecular weight is 244 g/mol. The van der Waals surface area contributed by atoms with Crippen LogP contribution in [0, 0.1) is 5.92 Å². The summed E-state index contributed by atoms with van der Waals surface area (Å²) in [5, 5.41) is 11.6. The van der Waals surface area contributed by atoms with Gasteiger partial charge in [0.2, 0.25) is 0 Å². The molecule has 1 fully saturated rings. The Kier molecular flexibility index (Phi) is 5.21. The third-order valence-electron chi connectivity index (χ3n) is 2.56. The molecule has 0 bridgehead atoms. The first-order valence-corrected chi connectivity index (χ1v) is 5.84. The van der Waals surface area contributed by atoms with Gasteiger partial charge < -0.3 is 20.1 Å². The number of rotatable bonds is 4. The molecular formula is C11H20N2O4. The minimum Gasteiger partial charge on any atom is -0.481 e. The fourth-order valence-electron chi connectivity index (χ4n) is 1.69. The predicted molar refractivity (Wildman–Crippen MR) is 61.8 cm³/mol. The molecule has 0 aliphatic carbocycles. The number of amides is 2. The maximum Gasteiger partial charge on any atom is 0.317 e. The number of hydrogen-bond acceptors (Lipinski definition) is 3. The number of aliphatic carboxylic acids is 1. The Morgan fingerprint density at radius 3 is 2.82 bits per heavy atom. The number of nitrogens with one attached hydrogen (secondary N) is 1. The highest BCUT2D eigenvalue weighted by Crippen LogP contribution is 2.10. The number of nitrogens with zero attached hydrogens (tertiary/aromatic N) is 1. The van der Waals surface area contributed by atoms with E-state index in [9.17, 15) is 9.59 Å². The maximum absolute atomic E-state index is 11.9. The summed E-state index contributed by atoms with van der Waals surface area (Å²) in [5.74, 6) is -0.542. The third kappa shape index (κ3) is 4.60. The minimum atomic E-state index is -0.915. The highest BCUT2D eigenvalue weighted by atomic mass is 16.5. The van der Waals surface area contributed by atoms with Gasteiger partial charge in [0.15, 0.2) is 0 Å². The van der Waals surface area contributed by atoms with Crippen molar-refractivity contribution in [1.29, 1.82) is 0 Å². The van der Waals surface area contributed by atoms with Crippen molar-refractivity contribution < 1.29 is 19.4 Å². The lowest BCUT2D eigenvalue weighted by Gasteiger charge is -2.34. The van der Waals surface area contributed by atoms with E-state index in [0.717, 1.165) is 0 Å². The van der Waals surface area contributed by atoms with Gasteiger partial charge in [-0.05, 0) is 5.92 Å². The van der Waals surface area contributed by atoms with E-state index in [2.05, 4.69) is 5.32 Å². The monoisotopic (exact) mass is 244 g/mol. The van der Waals surface area contributed by atoms with Crippen molar-refractivity contribution >= 4 is 12.0 Å². The number of carbonyl (C=O) groups is 2. The molecule has 1 atom stereocenters. The molecule has 0 radical (unpaired) electrons. The van der Waals surface area contributed by atoms with Gasteiger partial charge in [-0.1, -0.05) is 13.8 Å². The van der Waals surface area contributed by atoms with Crippen LogP contribution in [0.4, 0.5) is 4.79 Å². The third-order valence-corrected chi connectivity index (χ3v) is 2.56. The fourth-order valence-corrected chi connectivity index (χ4v) is 1.69. The topological polar surface area (TPSA) is 78.9 Å². The number of hydrogen-bond donors (Lipinski definition) is 2. The molecule has 1 unspecified atom stereocenters. The van der Waals surface area contributed by atoms with Gasteiger partial charge >= 0.3 is 12.0 Å². The summed E-state index contributed by atoms with van der Waals surface area (Å²) < 4.78 is 5.20. The summed E-state index contributed by atoms with van der Waals surface area (Å²) in [7, 11) is 0. The largest absolute Gasteiger partial charge is 0.481 e. The van der Waals surface area contributed by atoms with E-state index >= 15 is 0 Å². The quantitative estimate of drug-likeness (QED) is 0.756. The summed E-state index contributed by atoms with van der Waals surface area (Å²) in [4.78, 5) is 24.1. The molecule has 17 heavy (non-hydrogen) atoms. The molecule has 1 heterocycles. The number of morpholine rings is 1. The summed E-state index contributed by atoms with van der Waals surface area (Å²) >= 11 is 0. The molecule has 1 aliphatic heterocycles. The van der Waals surface area contributed by atoms with Gasteiger partial charge in [-0.2, -0.15) is 0 Å². The molecular weight excluding hydrogens is 224 g/mol. The SMILES string of the molecule is CC(C)CNC(=O)N1CCOCC1CC(=O)O. The van der Waals surface area contributed by atoms with E-state index in [1.807, 2.05) is 13.8 Å². The molecule has 2 amide bonds. The zero-order valence-electron chi connectivity index (χ0n) is 10.3. The van der Waals surface area contributed by atoms with Crippen molar-refractivity contribution in [2.45, 2.75) is 26.3 Å². The Morgan fingerprint density at radius 2 is 2.24 bits per heavy atom. The van der Waals surface area contributed by atoms with Gasteiger partial charge in [0.1, 0.15) is 0 Å². The number of ether oxygens (including phenoxy) is 1. The van der Waals surface area contributed by atoms with E-state index in [1.165, 1.54) is 0 Å². The molecule has 0 spiro atoms. The summed E-state index contributed by atoms with van der Waals surface area (Å²) in [6.07, 6.45) is -0.0743. The van der Waals surface area contributed by atoms with Crippen molar-refractivity contribution in [3.63, 3.8) is 0 Å². The molecule has 6 nitrogen and oxygen atoms in total. The van der Waals surface area contributed by atoms with Crippen LogP contribution in [-0.2, 0) is 9.53 Å². The van der Waals surface area contributed by atoms with Crippen molar-refractivity contribution in [2.75, 3.05) is 26.3 Å². The first kappa shape index (κ1) is 13.8. The average Bonchev–Trinajstić information content (AvgIpc) is 2.25. The Hall–Kier alpha value is -1.30. The van der Waals surface area contributed by atoms with E-state index in [1.54, 1.807) is 4.90 Å². The van der Waals surface area contributed by atoms with Gasteiger partial charge in [0.25, 0.3) is 0 Å². The van der Waals surface area contributed by atoms with Gasteiger partial charge in [0.05, 0.1) is 25.7 Å². The molecule has 0 aromatic carbocycles. The molecule has 1 aliphatic rings. The second-order valence-corrected chi connectivity index (χ2v) is 4.60.